The Labute approximate surface area is 173 Å². The van der Waals surface area contributed by atoms with Gasteiger partial charge in [-0.3, -0.25) is 9.35 Å². The van der Waals surface area contributed by atoms with Gasteiger partial charge in [0.05, 0.1) is 6.04 Å². The van der Waals surface area contributed by atoms with Crippen LogP contribution in [0.25, 0.3) is 0 Å². The Morgan fingerprint density at radius 1 is 1.28 bits per heavy atom. The third kappa shape index (κ3) is 7.36. The van der Waals surface area contributed by atoms with Crippen molar-refractivity contribution in [1.29, 1.82) is 0 Å². The highest BCUT2D eigenvalue weighted by molar-refractivity contribution is 8.10. The molecule has 29 heavy (non-hydrogen) atoms. The molecule has 0 aromatic heterocycles. The van der Waals surface area contributed by atoms with Crippen molar-refractivity contribution in [2.75, 3.05) is 17.4 Å². The number of hydrogen-bond donors (Lipinski definition) is 2. The van der Waals surface area contributed by atoms with Crippen LogP contribution in [-0.2, 0) is 20.8 Å². The number of likely N-dealkylation sites (tertiary alicyclic amines) is 1. The number of carbonyl (C=O) groups excluding carboxylic acids is 1. The minimum absolute atomic E-state index is 0.0745. The molecule has 0 radical (unpaired) electrons. The highest BCUT2D eigenvalue weighted by Gasteiger charge is 2.39. The molecule has 1 aliphatic heterocycles. The molecular formula is C19H25F2NO5S2. The van der Waals surface area contributed by atoms with E-state index in [1.807, 2.05) is 0 Å². The molecule has 2 N–H and O–H groups in total. The van der Waals surface area contributed by atoms with Crippen LogP contribution in [0.5, 0.6) is 0 Å². The minimum Gasteiger partial charge on any atom is -0.382 e. The van der Waals surface area contributed by atoms with Crippen LogP contribution in [0.4, 0.5) is 8.78 Å². The highest BCUT2D eigenvalue weighted by atomic mass is 32.3. The fourth-order valence-electron chi connectivity index (χ4n) is 3.08. The molecule has 0 spiro atoms. The molecule has 1 unspecified atom stereocenters. The molecule has 1 fully saturated rings. The Balaban J connectivity index is 1.86. The molecule has 6 nitrogen and oxygen atoms in total. The van der Waals surface area contributed by atoms with Gasteiger partial charge in [0.2, 0.25) is 5.91 Å². The Bertz CT molecular complexity index is 802. The Morgan fingerprint density at radius 2 is 1.97 bits per heavy atom. The van der Waals surface area contributed by atoms with Crippen LogP contribution in [-0.4, -0.2) is 58.4 Å². The zero-order valence-corrected chi connectivity index (χ0v) is 17.4. The van der Waals surface area contributed by atoms with E-state index in [0.29, 0.717) is 38.0 Å². The van der Waals surface area contributed by atoms with E-state index in [0.717, 1.165) is 17.8 Å². The van der Waals surface area contributed by atoms with Crippen LogP contribution in [0.1, 0.15) is 31.2 Å². The van der Waals surface area contributed by atoms with Crippen molar-refractivity contribution >= 4 is 27.8 Å². The molecule has 162 valence electrons. The lowest BCUT2D eigenvalue weighted by atomic mass is 10.0. The number of carbonyl (C=O) groups is 1. The maximum absolute atomic E-state index is 14.4. The summed E-state index contributed by atoms with van der Waals surface area (Å²) in [6.45, 7) is 0.422. The molecule has 1 amide bonds. The quantitative estimate of drug-likeness (QED) is 0.306. The molecule has 2 atom stereocenters. The van der Waals surface area contributed by atoms with Gasteiger partial charge in [-0.05, 0) is 25.0 Å². The maximum Gasteiger partial charge on any atom is 0.302 e. The number of hydrogen-bond acceptors (Lipinski definition) is 5. The number of benzene rings is 1. The van der Waals surface area contributed by atoms with Crippen LogP contribution in [0, 0.1) is 0 Å². The van der Waals surface area contributed by atoms with E-state index >= 15 is 0 Å². The number of amides is 1. The first kappa shape index (κ1) is 23.8. The van der Waals surface area contributed by atoms with Crippen molar-refractivity contribution in [3.63, 3.8) is 0 Å². The highest BCUT2D eigenvalue weighted by Crippen LogP contribution is 2.32. The Morgan fingerprint density at radius 3 is 2.62 bits per heavy atom. The third-order valence-electron chi connectivity index (χ3n) is 4.59. The molecule has 1 aliphatic rings. The average Bonchev–Trinajstić information content (AvgIpc) is 3.02. The number of aliphatic hydroxyl groups excluding tert-OH is 1. The summed E-state index contributed by atoms with van der Waals surface area (Å²) in [5.41, 5.74) is -0.279. The summed E-state index contributed by atoms with van der Waals surface area (Å²) in [6.07, 6.45) is 2.59. The monoisotopic (exact) mass is 449 g/mol. The van der Waals surface area contributed by atoms with E-state index < -0.39 is 22.1 Å². The standard InChI is InChI=1S/C19H25F2NO5S2/c20-19(21,15-6-2-1-3-7-15)17(23)10-8-16-9-11-18(24)22(16)12-4-5-13-28-14-29(25,26)27/h1-3,6-8,10,16-17,23H,4-5,9,11-14H2,(H,25,26,27)/b10-8+/t16-,17?/m0/s1. The van der Waals surface area contributed by atoms with Gasteiger partial charge in [0.15, 0.2) is 0 Å². The fraction of sp³-hybridized carbons (Fsp3) is 0.526. The van der Waals surface area contributed by atoms with Crippen molar-refractivity contribution in [3.8, 4) is 0 Å². The van der Waals surface area contributed by atoms with Crippen LogP contribution in [0.15, 0.2) is 42.5 Å². The molecule has 2 rings (SSSR count). The van der Waals surface area contributed by atoms with E-state index in [9.17, 15) is 27.1 Å². The number of halogens is 2. The van der Waals surface area contributed by atoms with Gasteiger partial charge >= 0.3 is 5.92 Å². The van der Waals surface area contributed by atoms with Crippen molar-refractivity contribution in [2.24, 2.45) is 0 Å². The summed E-state index contributed by atoms with van der Waals surface area (Å²) in [6, 6.07) is 6.72. The first-order valence-corrected chi connectivity index (χ1v) is 12.0. The molecule has 1 aromatic rings. The topological polar surface area (TPSA) is 94.9 Å². The Hall–Kier alpha value is -1.49. The molecule has 1 saturated heterocycles. The summed E-state index contributed by atoms with van der Waals surface area (Å²) in [5.74, 6) is -2.99. The van der Waals surface area contributed by atoms with E-state index in [1.54, 1.807) is 11.0 Å². The molecule has 0 bridgehead atoms. The summed E-state index contributed by atoms with van der Waals surface area (Å²) in [5, 5.41) is 9.60. The zero-order chi connectivity index (χ0) is 21.5. The van der Waals surface area contributed by atoms with Gasteiger partial charge in [0, 0.05) is 18.5 Å². The van der Waals surface area contributed by atoms with Gasteiger partial charge in [-0.25, -0.2) is 0 Å². The lowest BCUT2D eigenvalue weighted by molar-refractivity contribution is -0.128. The number of thioether (sulfide) groups is 1. The molecule has 0 aliphatic carbocycles. The summed E-state index contributed by atoms with van der Waals surface area (Å²) in [4.78, 5) is 13.7. The fourth-order valence-corrected chi connectivity index (χ4v) is 4.80. The van der Waals surface area contributed by atoms with Gasteiger partial charge in [-0.1, -0.05) is 42.5 Å². The number of alkyl halides is 2. The van der Waals surface area contributed by atoms with Crippen LogP contribution in [0.2, 0.25) is 0 Å². The van der Waals surface area contributed by atoms with Crippen LogP contribution >= 0.6 is 11.8 Å². The van der Waals surface area contributed by atoms with Gasteiger partial charge in [-0.15, -0.1) is 11.8 Å². The zero-order valence-electron chi connectivity index (χ0n) is 15.8. The molecule has 0 saturated carbocycles. The predicted molar refractivity (Wildman–Crippen MR) is 108 cm³/mol. The van der Waals surface area contributed by atoms with E-state index in [1.165, 1.54) is 30.3 Å². The van der Waals surface area contributed by atoms with E-state index in [2.05, 4.69) is 0 Å². The summed E-state index contributed by atoms with van der Waals surface area (Å²) in [7, 11) is -3.99. The largest absolute Gasteiger partial charge is 0.382 e. The van der Waals surface area contributed by atoms with Gasteiger partial charge < -0.3 is 10.0 Å². The first-order valence-electron chi connectivity index (χ1n) is 9.23. The molecule has 1 heterocycles. The first-order chi connectivity index (χ1) is 13.6. The number of nitrogens with zero attached hydrogens (tertiary/aromatic N) is 1. The smallest absolute Gasteiger partial charge is 0.302 e. The molecule has 1 aromatic carbocycles. The van der Waals surface area contributed by atoms with Crippen molar-refractivity contribution in [2.45, 2.75) is 43.8 Å². The second kappa shape index (κ2) is 10.5. The van der Waals surface area contributed by atoms with E-state index in [4.69, 9.17) is 4.55 Å². The van der Waals surface area contributed by atoms with Gasteiger partial charge in [0.1, 0.15) is 11.2 Å². The Kier molecular flexibility index (Phi) is 8.62. The van der Waals surface area contributed by atoms with Gasteiger partial charge in [-0.2, -0.15) is 17.2 Å². The predicted octanol–water partition coefficient (Wildman–Crippen LogP) is 3.05. The van der Waals surface area contributed by atoms with Crippen molar-refractivity contribution < 1.29 is 31.7 Å². The summed E-state index contributed by atoms with van der Waals surface area (Å²) < 4.78 is 58.7. The number of rotatable bonds is 11. The lowest BCUT2D eigenvalue weighted by Gasteiger charge is -2.24. The SMILES string of the molecule is O=C1CC[C@H](/C=C/C(O)C(F)(F)c2ccccc2)N1CCCCSCS(=O)(=O)O. The molecule has 10 heteroatoms. The van der Waals surface area contributed by atoms with E-state index in [-0.39, 0.29) is 22.6 Å². The second-order valence-electron chi connectivity index (χ2n) is 6.83. The van der Waals surface area contributed by atoms with Crippen LogP contribution in [0.3, 0.4) is 0 Å². The summed E-state index contributed by atoms with van der Waals surface area (Å²) >= 11 is 1.09. The van der Waals surface area contributed by atoms with Crippen molar-refractivity contribution in [3.05, 3.63) is 48.0 Å². The minimum atomic E-state index is -3.99. The lowest BCUT2D eigenvalue weighted by Crippen LogP contribution is -2.34. The number of unbranched alkanes of at least 4 members (excludes halogenated alkanes) is 1. The normalized spacial score (nSPS) is 19.2. The third-order valence-corrected chi connectivity index (χ3v) is 7.03. The maximum atomic E-state index is 14.4. The van der Waals surface area contributed by atoms with Crippen molar-refractivity contribution in [1.82, 2.24) is 4.90 Å². The molecular weight excluding hydrogens is 424 g/mol. The van der Waals surface area contributed by atoms with Gasteiger partial charge in [0.25, 0.3) is 10.1 Å². The van der Waals surface area contributed by atoms with Crippen LogP contribution < -0.4 is 0 Å². The average molecular weight is 450 g/mol. The second-order valence-corrected chi connectivity index (χ2v) is 9.75. The number of aliphatic hydroxyl groups is 1.